The summed E-state index contributed by atoms with van der Waals surface area (Å²) in [4.78, 5) is 0. The van der Waals surface area contributed by atoms with Crippen molar-refractivity contribution in [1.82, 2.24) is 5.32 Å². The van der Waals surface area contributed by atoms with Crippen LogP contribution in [-0.4, -0.2) is 19.8 Å². The van der Waals surface area contributed by atoms with Gasteiger partial charge in [-0.05, 0) is 43.9 Å². The summed E-state index contributed by atoms with van der Waals surface area (Å²) in [7, 11) is 1.61. The molecular weight excluding hydrogens is 248 g/mol. The molecule has 19 heavy (non-hydrogen) atoms. The summed E-state index contributed by atoms with van der Waals surface area (Å²) in [5.41, 5.74) is 0.575. The molecule has 4 heteroatoms. The zero-order chi connectivity index (χ0) is 14.0. The second-order valence-electron chi connectivity index (χ2n) is 5.17. The predicted molar refractivity (Wildman–Crippen MR) is 71.0 cm³/mol. The van der Waals surface area contributed by atoms with Crippen molar-refractivity contribution in [1.29, 1.82) is 0 Å². The summed E-state index contributed by atoms with van der Waals surface area (Å²) >= 11 is 0. The molecule has 0 amide bonds. The second-order valence-corrected chi connectivity index (χ2v) is 5.17. The van der Waals surface area contributed by atoms with Crippen LogP contribution in [0.25, 0.3) is 0 Å². The molecule has 2 atom stereocenters. The molecule has 1 aromatic rings. The molecule has 2 unspecified atom stereocenters. The van der Waals surface area contributed by atoms with Crippen LogP contribution in [0, 0.1) is 24.5 Å². The van der Waals surface area contributed by atoms with Crippen molar-refractivity contribution in [3.05, 3.63) is 34.9 Å². The van der Waals surface area contributed by atoms with E-state index in [1.54, 1.807) is 14.0 Å². The number of nitrogens with one attached hydrogen (secondary N) is 1. The van der Waals surface area contributed by atoms with E-state index in [0.29, 0.717) is 18.0 Å². The molecule has 106 valence electrons. The van der Waals surface area contributed by atoms with Crippen LogP contribution in [-0.2, 0) is 4.74 Å². The molecule has 0 aliphatic heterocycles. The molecule has 1 fully saturated rings. The SMILES string of the molecule is CCNC(c1c(F)ccc(C)c1F)C(OC)C1CC1. The fraction of sp³-hybridized carbons (Fsp3) is 0.600. The summed E-state index contributed by atoms with van der Waals surface area (Å²) in [6.45, 7) is 4.22. The number of likely N-dealkylation sites (N-methyl/N-ethyl adjacent to an activating group) is 1. The normalized spacial score (nSPS) is 18.4. The lowest BCUT2D eigenvalue weighted by atomic mass is 9.95. The maximum Gasteiger partial charge on any atom is 0.133 e. The molecule has 0 aromatic heterocycles. The van der Waals surface area contributed by atoms with Gasteiger partial charge in [-0.2, -0.15) is 0 Å². The predicted octanol–water partition coefficient (Wildman–Crippen LogP) is 3.35. The van der Waals surface area contributed by atoms with Crippen LogP contribution in [0.2, 0.25) is 0 Å². The van der Waals surface area contributed by atoms with Gasteiger partial charge in [-0.1, -0.05) is 13.0 Å². The molecule has 1 aliphatic carbocycles. The van der Waals surface area contributed by atoms with Crippen molar-refractivity contribution >= 4 is 0 Å². The Kier molecular flexibility index (Phi) is 4.53. The van der Waals surface area contributed by atoms with Gasteiger partial charge in [-0.15, -0.1) is 0 Å². The van der Waals surface area contributed by atoms with E-state index in [1.807, 2.05) is 6.92 Å². The highest BCUT2D eigenvalue weighted by atomic mass is 19.1. The Morgan fingerprint density at radius 2 is 2.05 bits per heavy atom. The Morgan fingerprint density at radius 1 is 1.37 bits per heavy atom. The lowest BCUT2D eigenvalue weighted by Crippen LogP contribution is -2.36. The van der Waals surface area contributed by atoms with Crippen LogP contribution < -0.4 is 5.32 Å². The lowest BCUT2D eigenvalue weighted by Gasteiger charge is -2.28. The minimum Gasteiger partial charge on any atom is -0.379 e. The Hall–Kier alpha value is -1.00. The number of methoxy groups -OCH3 is 1. The van der Waals surface area contributed by atoms with Crippen molar-refractivity contribution < 1.29 is 13.5 Å². The van der Waals surface area contributed by atoms with Crippen molar-refractivity contribution in [3.63, 3.8) is 0 Å². The minimum atomic E-state index is -0.503. The summed E-state index contributed by atoms with van der Waals surface area (Å²) in [6, 6.07) is 2.37. The molecule has 0 saturated heterocycles. The number of aryl methyl sites for hydroxylation is 1. The van der Waals surface area contributed by atoms with E-state index in [0.717, 1.165) is 12.8 Å². The standard InChI is InChI=1S/C15H21F2NO/c1-4-18-14(15(19-3)10-6-7-10)12-11(16)8-5-9(2)13(12)17/h5,8,10,14-15,18H,4,6-7H2,1-3H3. The number of hydrogen-bond donors (Lipinski definition) is 1. The third-order valence-electron chi connectivity index (χ3n) is 3.74. The first kappa shape index (κ1) is 14.4. The molecule has 0 spiro atoms. The molecule has 0 heterocycles. The maximum absolute atomic E-state index is 14.3. The third kappa shape index (κ3) is 2.95. The van der Waals surface area contributed by atoms with Gasteiger partial charge < -0.3 is 10.1 Å². The van der Waals surface area contributed by atoms with Crippen molar-refractivity contribution in [2.45, 2.75) is 38.8 Å². The first-order chi connectivity index (χ1) is 9.10. The van der Waals surface area contributed by atoms with Crippen LogP contribution in [0.3, 0.4) is 0 Å². The van der Waals surface area contributed by atoms with Crippen molar-refractivity contribution in [2.24, 2.45) is 5.92 Å². The maximum atomic E-state index is 14.3. The zero-order valence-corrected chi connectivity index (χ0v) is 11.7. The second kappa shape index (κ2) is 5.97. The van der Waals surface area contributed by atoms with Crippen LogP contribution in [0.15, 0.2) is 12.1 Å². The average molecular weight is 269 g/mol. The number of rotatable bonds is 6. The monoisotopic (exact) mass is 269 g/mol. The summed E-state index contributed by atoms with van der Waals surface area (Å²) in [5.74, 6) is -0.571. The zero-order valence-electron chi connectivity index (χ0n) is 11.7. The number of ether oxygens (including phenoxy) is 1. The number of hydrogen-bond acceptors (Lipinski definition) is 2. The molecule has 1 aliphatic rings. The topological polar surface area (TPSA) is 21.3 Å². The molecular formula is C15H21F2NO. The van der Waals surface area contributed by atoms with Crippen LogP contribution >= 0.6 is 0 Å². The smallest absolute Gasteiger partial charge is 0.133 e. The Morgan fingerprint density at radius 3 is 2.58 bits per heavy atom. The fourth-order valence-corrected chi connectivity index (χ4v) is 2.59. The van der Waals surface area contributed by atoms with E-state index >= 15 is 0 Å². The summed E-state index contributed by atoms with van der Waals surface area (Å²) in [5, 5.41) is 3.18. The average Bonchev–Trinajstić information content (AvgIpc) is 3.20. The van der Waals surface area contributed by atoms with Gasteiger partial charge in [0, 0.05) is 12.7 Å². The largest absolute Gasteiger partial charge is 0.379 e. The number of halogens is 2. The molecule has 2 rings (SSSR count). The van der Waals surface area contributed by atoms with Gasteiger partial charge in [0.15, 0.2) is 0 Å². The molecule has 1 aromatic carbocycles. The van der Waals surface area contributed by atoms with E-state index in [-0.39, 0.29) is 11.7 Å². The first-order valence-electron chi connectivity index (χ1n) is 6.80. The minimum absolute atomic E-state index is 0.112. The molecule has 2 nitrogen and oxygen atoms in total. The van der Waals surface area contributed by atoms with E-state index in [1.165, 1.54) is 12.1 Å². The Labute approximate surface area is 113 Å². The highest BCUT2D eigenvalue weighted by Gasteiger charge is 2.39. The van der Waals surface area contributed by atoms with Crippen LogP contribution in [0.5, 0.6) is 0 Å². The Bertz CT molecular complexity index is 446. The molecule has 1 saturated carbocycles. The van der Waals surface area contributed by atoms with Gasteiger partial charge in [-0.3, -0.25) is 0 Å². The van der Waals surface area contributed by atoms with Gasteiger partial charge in [0.25, 0.3) is 0 Å². The van der Waals surface area contributed by atoms with E-state index < -0.39 is 17.7 Å². The Balaban J connectivity index is 2.40. The van der Waals surface area contributed by atoms with Crippen LogP contribution in [0.4, 0.5) is 8.78 Å². The van der Waals surface area contributed by atoms with E-state index in [9.17, 15) is 8.78 Å². The molecule has 1 N–H and O–H groups in total. The highest BCUT2D eigenvalue weighted by Crippen LogP contribution is 2.41. The van der Waals surface area contributed by atoms with Gasteiger partial charge >= 0.3 is 0 Å². The highest BCUT2D eigenvalue weighted by molar-refractivity contribution is 5.30. The third-order valence-corrected chi connectivity index (χ3v) is 3.74. The first-order valence-corrected chi connectivity index (χ1v) is 6.80. The van der Waals surface area contributed by atoms with E-state index in [4.69, 9.17) is 4.74 Å². The molecule has 0 radical (unpaired) electrons. The van der Waals surface area contributed by atoms with E-state index in [2.05, 4.69) is 5.32 Å². The van der Waals surface area contributed by atoms with Crippen molar-refractivity contribution in [3.8, 4) is 0 Å². The number of benzene rings is 1. The van der Waals surface area contributed by atoms with Gasteiger partial charge in [0.2, 0.25) is 0 Å². The quantitative estimate of drug-likeness (QED) is 0.855. The van der Waals surface area contributed by atoms with Gasteiger partial charge in [-0.25, -0.2) is 8.78 Å². The fourth-order valence-electron chi connectivity index (χ4n) is 2.59. The van der Waals surface area contributed by atoms with Gasteiger partial charge in [0.1, 0.15) is 11.6 Å². The van der Waals surface area contributed by atoms with Gasteiger partial charge in [0.05, 0.1) is 12.1 Å². The summed E-state index contributed by atoms with van der Waals surface area (Å²) < 4.78 is 33.8. The van der Waals surface area contributed by atoms with Crippen molar-refractivity contribution in [2.75, 3.05) is 13.7 Å². The van der Waals surface area contributed by atoms with Crippen LogP contribution in [0.1, 0.15) is 36.9 Å². The summed E-state index contributed by atoms with van der Waals surface area (Å²) in [6.07, 6.45) is 1.95. The molecule has 0 bridgehead atoms. The lowest BCUT2D eigenvalue weighted by molar-refractivity contribution is 0.0489.